The van der Waals surface area contributed by atoms with Crippen molar-refractivity contribution in [2.24, 2.45) is 5.73 Å². The van der Waals surface area contributed by atoms with Crippen LogP contribution in [0.5, 0.6) is 0 Å². The topological polar surface area (TPSA) is 52.3 Å². The summed E-state index contributed by atoms with van der Waals surface area (Å²) in [5.74, 6) is -0.388. The average Bonchev–Trinajstić information content (AvgIpc) is 2.28. The highest BCUT2D eigenvalue weighted by molar-refractivity contribution is 5.79. The van der Waals surface area contributed by atoms with E-state index >= 15 is 0 Å². The third-order valence-electron chi connectivity index (χ3n) is 1.74. The summed E-state index contributed by atoms with van der Waals surface area (Å²) < 4.78 is 5.03. The van der Waals surface area contributed by atoms with E-state index < -0.39 is 5.54 Å². The number of nitrogens with two attached hydrogens (primary N) is 1. The lowest BCUT2D eigenvalue weighted by molar-refractivity contribution is -0.150. The first-order valence-corrected chi connectivity index (χ1v) is 5.50. The van der Waals surface area contributed by atoms with E-state index in [1.165, 1.54) is 0 Å². The van der Waals surface area contributed by atoms with Crippen molar-refractivity contribution in [3.05, 3.63) is 35.9 Å². The van der Waals surface area contributed by atoms with Gasteiger partial charge >= 0.3 is 5.97 Å². The summed E-state index contributed by atoms with van der Waals surface area (Å²) in [6, 6.07) is 9.51. The van der Waals surface area contributed by atoms with Crippen LogP contribution in [0.3, 0.4) is 0 Å². The number of carbonyl (C=O) groups excluding carboxylic acids is 1. The van der Waals surface area contributed by atoms with Crippen molar-refractivity contribution < 1.29 is 9.53 Å². The van der Waals surface area contributed by atoms with Crippen LogP contribution in [0.2, 0.25) is 0 Å². The third-order valence-corrected chi connectivity index (χ3v) is 1.74. The van der Waals surface area contributed by atoms with Crippen molar-refractivity contribution in [1.82, 2.24) is 0 Å². The molecule has 90 valence electrons. The zero-order valence-corrected chi connectivity index (χ0v) is 10.5. The van der Waals surface area contributed by atoms with E-state index in [0.29, 0.717) is 0 Å². The Balaban J connectivity index is 0.00000106. The normalized spacial score (nSPS) is 10.1. The van der Waals surface area contributed by atoms with E-state index in [1.54, 1.807) is 13.8 Å². The van der Waals surface area contributed by atoms with Crippen LogP contribution in [0.15, 0.2) is 30.3 Å². The van der Waals surface area contributed by atoms with E-state index in [9.17, 15) is 4.79 Å². The Morgan fingerprint density at radius 2 is 1.75 bits per heavy atom. The second-order valence-corrected chi connectivity index (χ2v) is 3.78. The van der Waals surface area contributed by atoms with Crippen LogP contribution in [0.25, 0.3) is 0 Å². The summed E-state index contributed by atoms with van der Waals surface area (Å²) in [4.78, 5) is 11.3. The number of rotatable bonds is 3. The smallest absolute Gasteiger partial charge is 0.325 e. The van der Waals surface area contributed by atoms with Gasteiger partial charge in [0.25, 0.3) is 0 Å². The van der Waals surface area contributed by atoms with Gasteiger partial charge in [0.05, 0.1) is 0 Å². The lowest BCUT2D eigenvalue weighted by Crippen LogP contribution is -2.42. The standard InChI is InChI=1S/C11H15NO2.C2H6/c1-11(2,12)10(13)14-8-9-6-4-3-5-7-9;1-2/h3-7H,8,12H2,1-2H3;1-2H3. The van der Waals surface area contributed by atoms with Crippen LogP contribution in [-0.2, 0) is 16.1 Å². The predicted octanol–water partition coefficient (Wildman–Crippen LogP) is 2.49. The molecule has 3 nitrogen and oxygen atoms in total. The van der Waals surface area contributed by atoms with Crippen LogP contribution >= 0.6 is 0 Å². The average molecular weight is 223 g/mol. The van der Waals surface area contributed by atoms with Crippen molar-refractivity contribution >= 4 is 5.97 Å². The summed E-state index contributed by atoms with van der Waals surface area (Å²) in [5.41, 5.74) is 5.61. The molecule has 1 aromatic rings. The van der Waals surface area contributed by atoms with E-state index in [2.05, 4.69) is 0 Å². The van der Waals surface area contributed by atoms with Crippen molar-refractivity contribution in [3.8, 4) is 0 Å². The van der Waals surface area contributed by atoms with E-state index in [4.69, 9.17) is 10.5 Å². The molecule has 0 heterocycles. The SMILES string of the molecule is CC.CC(C)(N)C(=O)OCc1ccccc1. The minimum atomic E-state index is -0.922. The lowest BCUT2D eigenvalue weighted by atomic mass is 10.1. The van der Waals surface area contributed by atoms with Gasteiger partial charge in [0.1, 0.15) is 12.1 Å². The fraction of sp³-hybridized carbons (Fsp3) is 0.462. The molecule has 0 saturated carbocycles. The maximum Gasteiger partial charge on any atom is 0.325 e. The molecule has 16 heavy (non-hydrogen) atoms. The first-order valence-electron chi connectivity index (χ1n) is 5.50. The molecule has 0 radical (unpaired) electrons. The number of benzene rings is 1. The molecule has 0 aromatic heterocycles. The Kier molecular flexibility index (Phi) is 6.42. The monoisotopic (exact) mass is 223 g/mol. The van der Waals surface area contributed by atoms with Gasteiger partial charge in [-0.3, -0.25) is 4.79 Å². The largest absolute Gasteiger partial charge is 0.459 e. The quantitative estimate of drug-likeness (QED) is 0.801. The summed E-state index contributed by atoms with van der Waals surface area (Å²) in [6.07, 6.45) is 0. The minimum absolute atomic E-state index is 0.278. The molecule has 0 unspecified atom stereocenters. The summed E-state index contributed by atoms with van der Waals surface area (Å²) in [7, 11) is 0. The van der Waals surface area contributed by atoms with Crippen molar-refractivity contribution in [2.45, 2.75) is 39.8 Å². The summed E-state index contributed by atoms with van der Waals surface area (Å²) >= 11 is 0. The second-order valence-electron chi connectivity index (χ2n) is 3.78. The van der Waals surface area contributed by atoms with Crippen molar-refractivity contribution in [1.29, 1.82) is 0 Å². The number of esters is 1. The van der Waals surface area contributed by atoms with E-state index in [-0.39, 0.29) is 12.6 Å². The van der Waals surface area contributed by atoms with Crippen LogP contribution < -0.4 is 5.73 Å². The van der Waals surface area contributed by atoms with Gasteiger partial charge in [-0.15, -0.1) is 0 Å². The number of hydrogen-bond acceptors (Lipinski definition) is 3. The Hall–Kier alpha value is -1.35. The molecule has 0 atom stereocenters. The molecule has 1 rings (SSSR count). The molecule has 1 aromatic carbocycles. The van der Waals surface area contributed by atoms with Gasteiger partial charge in [0.2, 0.25) is 0 Å². The Morgan fingerprint density at radius 3 is 2.19 bits per heavy atom. The van der Waals surface area contributed by atoms with Crippen molar-refractivity contribution in [3.63, 3.8) is 0 Å². The van der Waals surface area contributed by atoms with Crippen LogP contribution in [0.4, 0.5) is 0 Å². The molecule has 0 fully saturated rings. The van der Waals surface area contributed by atoms with Gasteiger partial charge in [-0.25, -0.2) is 0 Å². The van der Waals surface area contributed by atoms with Gasteiger partial charge in [-0.05, 0) is 19.4 Å². The van der Waals surface area contributed by atoms with Crippen molar-refractivity contribution in [2.75, 3.05) is 0 Å². The van der Waals surface area contributed by atoms with Crippen LogP contribution in [0, 0.1) is 0 Å². The Morgan fingerprint density at radius 1 is 1.25 bits per heavy atom. The lowest BCUT2D eigenvalue weighted by Gasteiger charge is -2.16. The van der Waals surface area contributed by atoms with Gasteiger partial charge < -0.3 is 10.5 Å². The van der Waals surface area contributed by atoms with E-state index in [0.717, 1.165) is 5.56 Å². The first-order chi connectivity index (χ1) is 7.50. The minimum Gasteiger partial charge on any atom is -0.459 e. The molecule has 3 heteroatoms. The Labute approximate surface area is 97.6 Å². The molecule has 0 saturated heterocycles. The molecule has 0 aliphatic carbocycles. The zero-order valence-electron chi connectivity index (χ0n) is 10.5. The fourth-order valence-corrected chi connectivity index (χ4v) is 0.909. The molecule has 0 aliphatic heterocycles. The molecule has 0 aliphatic rings. The summed E-state index contributed by atoms with van der Waals surface area (Å²) in [6.45, 7) is 7.53. The van der Waals surface area contributed by atoms with Gasteiger partial charge in [0, 0.05) is 0 Å². The molecule has 0 bridgehead atoms. The van der Waals surface area contributed by atoms with Gasteiger partial charge in [0.15, 0.2) is 0 Å². The Bertz CT molecular complexity index is 301. The van der Waals surface area contributed by atoms with Crippen LogP contribution in [-0.4, -0.2) is 11.5 Å². The predicted molar refractivity (Wildman–Crippen MR) is 65.9 cm³/mol. The number of carbonyl (C=O) groups is 1. The maximum absolute atomic E-state index is 11.3. The van der Waals surface area contributed by atoms with Gasteiger partial charge in [-0.2, -0.15) is 0 Å². The fourth-order valence-electron chi connectivity index (χ4n) is 0.909. The first kappa shape index (κ1) is 14.6. The number of ether oxygens (including phenoxy) is 1. The van der Waals surface area contributed by atoms with Crippen LogP contribution in [0.1, 0.15) is 33.3 Å². The maximum atomic E-state index is 11.3. The molecule has 0 amide bonds. The zero-order chi connectivity index (χ0) is 12.6. The second kappa shape index (κ2) is 7.01. The number of hydrogen-bond donors (Lipinski definition) is 1. The van der Waals surface area contributed by atoms with E-state index in [1.807, 2.05) is 44.2 Å². The highest BCUT2D eigenvalue weighted by Gasteiger charge is 2.23. The highest BCUT2D eigenvalue weighted by atomic mass is 16.5. The third kappa shape index (κ3) is 5.51. The summed E-state index contributed by atoms with van der Waals surface area (Å²) in [5, 5.41) is 0. The highest BCUT2D eigenvalue weighted by Crippen LogP contribution is 2.05. The molecular formula is C13H21NO2. The molecular weight excluding hydrogens is 202 g/mol. The molecule has 0 spiro atoms. The molecule has 2 N–H and O–H groups in total. The van der Waals surface area contributed by atoms with Gasteiger partial charge in [-0.1, -0.05) is 44.2 Å².